The van der Waals surface area contributed by atoms with Gasteiger partial charge in [0.05, 0.1) is 5.54 Å². The fraction of sp³-hybridized carbons (Fsp3) is 0.346. The third-order valence-electron chi connectivity index (χ3n) is 6.84. The van der Waals surface area contributed by atoms with E-state index < -0.39 is 52.0 Å². The highest BCUT2D eigenvalue weighted by molar-refractivity contribution is 7.80. The number of nitrogens with two attached hydrogens (primary N) is 2. The highest BCUT2D eigenvalue weighted by Crippen LogP contribution is 2.33. The third-order valence-corrected chi connectivity index (χ3v) is 7.85. The Labute approximate surface area is 299 Å². The van der Waals surface area contributed by atoms with Crippen LogP contribution in [0.4, 0.5) is 24.1 Å². The van der Waals surface area contributed by atoms with Crippen molar-refractivity contribution >= 4 is 67.0 Å². The maximum atomic E-state index is 13.4. The molecule has 4 aromatic rings. The molecule has 0 radical (unpaired) electrons. The summed E-state index contributed by atoms with van der Waals surface area (Å²) in [5.41, 5.74) is 9.62. The summed E-state index contributed by atoms with van der Waals surface area (Å²) in [5.74, 6) is -3.42. The maximum absolute atomic E-state index is 13.4. The van der Waals surface area contributed by atoms with Crippen molar-refractivity contribution in [1.29, 1.82) is 0 Å². The molecule has 4 heterocycles. The van der Waals surface area contributed by atoms with Crippen molar-refractivity contribution in [1.82, 2.24) is 41.0 Å². The fourth-order valence-corrected chi connectivity index (χ4v) is 5.35. The number of β-lactam (4-membered cyclic amide) rings is 1. The van der Waals surface area contributed by atoms with Crippen molar-refractivity contribution in [2.75, 3.05) is 30.7 Å². The first-order valence-electron chi connectivity index (χ1n) is 14.6. The molecule has 1 aliphatic rings. The predicted molar refractivity (Wildman–Crippen MR) is 175 cm³/mol. The molecule has 0 aliphatic carbocycles. The van der Waals surface area contributed by atoms with Gasteiger partial charge in [-0.1, -0.05) is 10.4 Å². The lowest BCUT2D eigenvalue weighted by Crippen LogP contribution is -2.76. The van der Waals surface area contributed by atoms with Gasteiger partial charge in [-0.25, -0.2) is 14.8 Å². The van der Waals surface area contributed by atoms with Crippen LogP contribution < -0.4 is 26.8 Å². The van der Waals surface area contributed by atoms with Gasteiger partial charge in [0.15, 0.2) is 10.8 Å². The van der Waals surface area contributed by atoms with Crippen LogP contribution in [0.15, 0.2) is 41.0 Å². The lowest BCUT2D eigenvalue weighted by molar-refractivity contribution is -0.218. The number of carboxylic acids is 1. The molecule has 9 N–H and O–H groups in total. The number of carbonyl (C=O) groups excluding carboxylic acids is 2. The number of thiazole rings is 1. The molecule has 2 amide bonds. The van der Waals surface area contributed by atoms with Gasteiger partial charge in [0.1, 0.15) is 29.9 Å². The quantitative estimate of drug-likeness (QED) is 0.0387. The molecule has 27 heteroatoms. The number of anilines is 2. The van der Waals surface area contributed by atoms with Crippen LogP contribution in [-0.4, -0.2) is 115 Å². The third kappa shape index (κ3) is 10.2. The Morgan fingerprint density at radius 3 is 2.55 bits per heavy atom. The molecular formula is C26H29F3N12O10S2. The minimum atomic E-state index is -5.08. The molecule has 1 fully saturated rings. The SMILES string of the molecule is CC1(C)[C@H](NC(=O)/C(=N\OC(COc2ccc3c(NCCN)nccc3c2)c2nn[nH]n2)c2csc(N)n2)C(=O)N1OS(=O)(=O)O.O=C(O)C(F)(F)F. The smallest absolute Gasteiger partial charge is 0.489 e. The van der Waals surface area contributed by atoms with Crippen molar-refractivity contribution in [3.63, 3.8) is 0 Å². The molecule has 1 saturated heterocycles. The molecule has 0 spiro atoms. The number of tetrazole rings is 1. The summed E-state index contributed by atoms with van der Waals surface area (Å²) < 4.78 is 73.3. The standard InChI is InChI=1S/C24H28N12O8S2.C2HF3O2/c1-24(2)18(22(38)36(24)44-46(39,40)41)30-21(37)17(15-11-45-23(26)29-15)33-43-16(20-31-34-35-32-20)10-42-13-3-4-14-12(9-13)5-7-27-19(14)28-8-6-25;3-2(4,5)1(6)7/h3-5,7,9,11,16,18H,6,8,10,25H2,1-2H3,(H2,26,29)(H,27,28)(H,30,37)(H,39,40,41)(H,31,32,34,35);(H,6,7)/b33-17-;/t16?,18-;/m1./s1. The van der Waals surface area contributed by atoms with Gasteiger partial charge in [0, 0.05) is 30.1 Å². The molecule has 1 aromatic carbocycles. The average Bonchev–Trinajstić information content (AvgIpc) is 3.78. The van der Waals surface area contributed by atoms with E-state index in [1.807, 2.05) is 12.1 Å². The van der Waals surface area contributed by atoms with Crippen molar-refractivity contribution < 1.29 is 59.5 Å². The number of aliphatic carboxylic acids is 1. The minimum absolute atomic E-state index is 0.0191. The number of ether oxygens (including phenoxy) is 1. The summed E-state index contributed by atoms with van der Waals surface area (Å²) in [6.07, 6.45) is -4.52. The summed E-state index contributed by atoms with van der Waals surface area (Å²) in [4.78, 5) is 49.0. The fourth-order valence-electron chi connectivity index (χ4n) is 4.34. The van der Waals surface area contributed by atoms with Crippen molar-refractivity contribution in [3.8, 4) is 5.75 Å². The van der Waals surface area contributed by atoms with Gasteiger partial charge >= 0.3 is 22.5 Å². The van der Waals surface area contributed by atoms with E-state index in [4.69, 9.17) is 35.5 Å². The molecule has 0 bridgehead atoms. The Bertz CT molecular complexity index is 2080. The highest BCUT2D eigenvalue weighted by atomic mass is 32.3. The van der Waals surface area contributed by atoms with Gasteiger partial charge in [-0.2, -0.15) is 31.9 Å². The summed E-state index contributed by atoms with van der Waals surface area (Å²) in [6.45, 7) is 3.63. The monoisotopic (exact) mass is 790 g/mol. The Kier molecular flexibility index (Phi) is 12.3. The number of aromatic nitrogens is 6. The second-order valence-corrected chi connectivity index (χ2v) is 12.8. The number of carbonyl (C=O) groups is 3. The van der Waals surface area contributed by atoms with E-state index in [9.17, 15) is 31.2 Å². The van der Waals surface area contributed by atoms with E-state index in [2.05, 4.69) is 50.7 Å². The zero-order valence-electron chi connectivity index (χ0n) is 27.1. The molecule has 1 unspecified atom stereocenters. The van der Waals surface area contributed by atoms with Crippen LogP contribution in [-0.2, 0) is 33.9 Å². The zero-order chi connectivity index (χ0) is 39.1. The van der Waals surface area contributed by atoms with Crippen LogP contribution in [0.5, 0.6) is 5.75 Å². The van der Waals surface area contributed by atoms with Gasteiger partial charge in [0.25, 0.3) is 11.8 Å². The number of nitrogen functional groups attached to an aromatic ring is 1. The topological polar surface area (TPSA) is 325 Å². The van der Waals surface area contributed by atoms with E-state index in [1.54, 1.807) is 18.3 Å². The summed E-state index contributed by atoms with van der Waals surface area (Å²) in [6, 6.07) is 5.91. The number of nitrogens with one attached hydrogen (secondary N) is 3. The van der Waals surface area contributed by atoms with Crippen LogP contribution in [0.2, 0.25) is 0 Å². The average molecular weight is 791 g/mol. The number of nitrogens with zero attached hydrogens (tertiary/aromatic N) is 7. The summed E-state index contributed by atoms with van der Waals surface area (Å²) in [7, 11) is -4.99. The van der Waals surface area contributed by atoms with Gasteiger partial charge in [0.2, 0.25) is 11.9 Å². The Morgan fingerprint density at radius 1 is 1.26 bits per heavy atom. The molecule has 22 nitrogen and oxygen atoms in total. The number of carboxylic acid groups (broad SMARTS) is 1. The van der Waals surface area contributed by atoms with E-state index in [0.717, 1.165) is 22.1 Å². The first-order chi connectivity index (χ1) is 24.8. The Balaban J connectivity index is 0.000000815. The van der Waals surface area contributed by atoms with Crippen LogP contribution in [0.1, 0.15) is 31.5 Å². The number of hydrogen-bond acceptors (Lipinski definition) is 18. The number of hydrogen-bond donors (Lipinski definition) is 7. The van der Waals surface area contributed by atoms with Gasteiger partial charge in [-0.3, -0.25) is 14.1 Å². The number of fused-ring (bicyclic) bond motifs is 1. The lowest BCUT2D eigenvalue weighted by Gasteiger charge is -2.50. The van der Waals surface area contributed by atoms with E-state index in [-0.39, 0.29) is 29.0 Å². The molecule has 1 aliphatic heterocycles. The molecule has 5 rings (SSSR count). The van der Waals surface area contributed by atoms with Gasteiger partial charge < -0.3 is 36.8 Å². The lowest BCUT2D eigenvalue weighted by atomic mass is 9.84. The van der Waals surface area contributed by atoms with E-state index in [1.165, 1.54) is 19.2 Å². The number of aromatic amines is 1. The molecule has 286 valence electrons. The second-order valence-electron chi connectivity index (χ2n) is 10.9. The summed E-state index contributed by atoms with van der Waals surface area (Å²) in [5, 5.41) is 34.2. The Hall–Kier alpha value is -5.77. The first-order valence-corrected chi connectivity index (χ1v) is 16.8. The van der Waals surface area contributed by atoms with Crippen LogP contribution in [0.3, 0.4) is 0 Å². The number of rotatable bonds is 14. The van der Waals surface area contributed by atoms with Crippen LogP contribution >= 0.6 is 11.3 Å². The molecule has 53 heavy (non-hydrogen) atoms. The largest absolute Gasteiger partial charge is 0.490 e. The molecular weight excluding hydrogens is 761 g/mol. The number of hydroxylamine groups is 2. The molecule has 0 saturated carbocycles. The van der Waals surface area contributed by atoms with Gasteiger partial charge in [-0.05, 0) is 43.5 Å². The van der Waals surface area contributed by atoms with Crippen LogP contribution in [0.25, 0.3) is 10.8 Å². The van der Waals surface area contributed by atoms with Gasteiger partial charge in [-0.15, -0.1) is 25.8 Å². The Morgan fingerprint density at radius 2 is 1.98 bits per heavy atom. The predicted octanol–water partition coefficient (Wildman–Crippen LogP) is 0.172. The van der Waals surface area contributed by atoms with Crippen LogP contribution in [0, 0.1) is 0 Å². The number of amides is 2. The zero-order valence-corrected chi connectivity index (χ0v) is 28.8. The number of halogens is 3. The van der Waals surface area contributed by atoms with E-state index in [0.29, 0.717) is 29.7 Å². The van der Waals surface area contributed by atoms with Crippen molar-refractivity contribution in [2.24, 2.45) is 10.9 Å². The number of benzene rings is 1. The minimum Gasteiger partial charge on any atom is -0.489 e. The first kappa shape index (κ1) is 40.0. The number of alkyl halides is 3. The number of oxime groups is 1. The van der Waals surface area contributed by atoms with Crippen molar-refractivity contribution in [2.45, 2.75) is 37.7 Å². The van der Waals surface area contributed by atoms with Crippen molar-refractivity contribution in [3.05, 3.63) is 47.4 Å². The molecule has 2 atom stereocenters. The second kappa shape index (κ2) is 16.3. The molecule has 3 aromatic heterocycles. The number of H-pyrrole nitrogens is 1. The van der Waals surface area contributed by atoms with E-state index >= 15 is 0 Å². The summed E-state index contributed by atoms with van der Waals surface area (Å²) >= 11 is 1.02. The number of pyridine rings is 1. The normalized spacial score (nSPS) is 16.2. The highest BCUT2D eigenvalue weighted by Gasteiger charge is 2.58. The maximum Gasteiger partial charge on any atom is 0.490 e.